The minimum absolute atomic E-state index is 0.00494. The van der Waals surface area contributed by atoms with E-state index < -0.39 is 95.5 Å². The third-order valence-electron chi connectivity index (χ3n) is 14.5. The van der Waals surface area contributed by atoms with Gasteiger partial charge in [0.1, 0.15) is 53.6 Å². The number of alkyl halides is 2. The molecule has 4 aromatic heterocycles. The number of benzene rings is 5. The lowest BCUT2D eigenvalue weighted by Crippen LogP contribution is -2.40. The summed E-state index contributed by atoms with van der Waals surface area (Å²) in [7, 11) is -0.388. The van der Waals surface area contributed by atoms with E-state index in [2.05, 4.69) is 35.2 Å². The zero-order valence-electron chi connectivity index (χ0n) is 46.2. The molecular weight excluding hydrogens is 1190 g/mol. The zero-order chi connectivity index (χ0) is 60.7. The van der Waals surface area contributed by atoms with E-state index in [0.29, 0.717) is 39.3 Å². The van der Waals surface area contributed by atoms with Crippen LogP contribution in [0.2, 0.25) is 0 Å². The van der Waals surface area contributed by atoms with E-state index in [1.807, 2.05) is 60.7 Å². The summed E-state index contributed by atoms with van der Waals surface area (Å²) in [6, 6.07) is 42.6. The molecule has 2 unspecified atom stereocenters. The highest BCUT2D eigenvalue weighted by atomic mass is 32.5. The molecule has 10 atom stereocenters. The van der Waals surface area contributed by atoms with Crippen molar-refractivity contribution in [3.63, 3.8) is 0 Å². The van der Waals surface area contributed by atoms with Gasteiger partial charge in [-0.25, -0.2) is 38.7 Å². The topological polar surface area (TPSA) is 278 Å². The lowest BCUT2D eigenvalue weighted by atomic mass is 9.80. The summed E-state index contributed by atoms with van der Waals surface area (Å²) in [6.45, 7) is -6.02. The molecule has 11 rings (SSSR count). The van der Waals surface area contributed by atoms with E-state index in [1.54, 1.807) is 99.1 Å². The number of fused-ring (bicyclic) bond motifs is 2. The fraction of sp³-hybridized carbons (Fsp3) is 0.271. The van der Waals surface area contributed by atoms with Gasteiger partial charge in [-0.3, -0.25) is 23.2 Å². The van der Waals surface area contributed by atoms with Gasteiger partial charge < -0.3 is 38.0 Å². The van der Waals surface area contributed by atoms with Crippen molar-refractivity contribution in [2.45, 2.75) is 67.7 Å². The van der Waals surface area contributed by atoms with Gasteiger partial charge in [0, 0.05) is 15.7 Å². The van der Waals surface area contributed by atoms with Crippen LogP contribution in [0, 0.1) is 11.3 Å². The smallest absolute Gasteiger partial charge is 0.497 e. The van der Waals surface area contributed by atoms with Gasteiger partial charge in [0.05, 0.1) is 71.3 Å². The molecule has 9 aromatic rings. The number of carbonyl (C=O) groups excluding carboxylic acids is 2. The Balaban J connectivity index is 0.938. The van der Waals surface area contributed by atoms with Crippen molar-refractivity contribution in [3.8, 4) is 17.6 Å². The van der Waals surface area contributed by atoms with Crippen LogP contribution in [0.15, 0.2) is 165 Å². The van der Waals surface area contributed by atoms with E-state index >= 15 is 8.78 Å². The average Bonchev–Trinajstić information content (AvgIpc) is 2.00. The summed E-state index contributed by atoms with van der Waals surface area (Å²) in [5, 5.41) is 12.4. The van der Waals surface area contributed by atoms with Crippen molar-refractivity contribution in [1.82, 2.24) is 39.0 Å². The molecule has 2 fully saturated rings. The van der Waals surface area contributed by atoms with Crippen molar-refractivity contribution < 1.29 is 69.6 Å². The number of aromatic nitrogens is 8. The lowest BCUT2D eigenvalue weighted by molar-refractivity contribution is -0.0932. The maximum Gasteiger partial charge on any atom is 0.695 e. The molecule has 446 valence electrons. The molecule has 0 saturated carbocycles. The highest BCUT2D eigenvalue weighted by molar-refractivity contribution is 8.07. The summed E-state index contributed by atoms with van der Waals surface area (Å²) in [5.41, 5.74) is 1.83. The predicted octanol–water partition coefficient (Wildman–Crippen LogP) is 9.43. The lowest BCUT2D eigenvalue weighted by Gasteiger charge is -2.37. The molecule has 5 aromatic carbocycles. The largest absolute Gasteiger partial charge is 0.695 e. The van der Waals surface area contributed by atoms with Crippen molar-refractivity contribution in [2.75, 3.05) is 39.4 Å². The van der Waals surface area contributed by atoms with Gasteiger partial charge in [-0.05, 0) is 64.9 Å². The first-order valence-corrected chi connectivity index (χ1v) is 30.6. The standard InChI is InChI=1S/C59H52F2N10O13P2S/c1-76-41-23-19-39(20-24-41)59(38-17-10-5-11-18-38,40-21-25-42(77-2)26-22-40)78-30-45-52(48(61)58(81-45)70-34-67-49-43(63-32-65-54(49)70)29-44(72)36-13-6-3-7-14-36)84-86(87,79-28-12-27-62)80-31-46-51(83-85(74)75)47(60)57(82-46)71-35-68-50-53(64-33-66-55(50)71)69-56(73)37-15-8-4-9-16-37/h3-11,13-26,32-35,45-48,51-52,57-58H,12,28-31H2,1-2H3,(H-,64,66,69,73,74,75)/p+1/t45-,46-,47-,48-,51-,52-,57-,58-,86?/m1/s1. The van der Waals surface area contributed by atoms with E-state index in [1.165, 1.54) is 28.1 Å². The molecule has 0 spiro atoms. The summed E-state index contributed by atoms with van der Waals surface area (Å²) in [6.07, 6.45) is -9.77. The number of ketones is 1. The van der Waals surface area contributed by atoms with Gasteiger partial charge in [0.2, 0.25) is 0 Å². The first-order chi connectivity index (χ1) is 42.3. The maximum atomic E-state index is 18.3. The Bertz CT molecular complexity index is 3940. The number of ether oxygens (including phenoxy) is 5. The van der Waals surface area contributed by atoms with Crippen molar-refractivity contribution in [3.05, 3.63) is 198 Å². The quantitative estimate of drug-likeness (QED) is 0.0233. The average molecular weight is 1240 g/mol. The Morgan fingerprint density at radius 2 is 1.23 bits per heavy atom. The van der Waals surface area contributed by atoms with Gasteiger partial charge in [0.25, 0.3) is 5.91 Å². The number of nitrogens with one attached hydrogen (secondary N) is 1. The summed E-state index contributed by atoms with van der Waals surface area (Å²) in [4.78, 5) is 62.9. The van der Waals surface area contributed by atoms with E-state index in [0.717, 1.165) is 6.33 Å². The number of nitrogens with zero attached hydrogens (tertiary/aromatic N) is 9. The van der Waals surface area contributed by atoms with E-state index in [4.69, 9.17) is 53.6 Å². The van der Waals surface area contributed by atoms with Crippen LogP contribution in [0.3, 0.4) is 0 Å². The summed E-state index contributed by atoms with van der Waals surface area (Å²) < 4.78 is 106. The molecule has 0 bridgehead atoms. The second-order valence-corrected chi connectivity index (χ2v) is 23.3. The summed E-state index contributed by atoms with van der Waals surface area (Å²) in [5.74, 6) is 0.360. The second-order valence-electron chi connectivity index (χ2n) is 19.7. The number of hydrogen-bond donors (Lipinski definition) is 2. The van der Waals surface area contributed by atoms with Crippen LogP contribution in [0.4, 0.5) is 14.6 Å². The van der Waals surface area contributed by atoms with Crippen molar-refractivity contribution in [1.29, 1.82) is 5.26 Å². The molecule has 2 saturated heterocycles. The number of anilines is 1. The molecule has 87 heavy (non-hydrogen) atoms. The van der Waals surface area contributed by atoms with Crippen LogP contribution in [0.1, 0.15) is 62.0 Å². The second kappa shape index (κ2) is 26.8. The number of nitriles is 1. The van der Waals surface area contributed by atoms with Crippen LogP contribution < -0.4 is 14.8 Å². The molecule has 6 heterocycles. The Kier molecular flexibility index (Phi) is 18.6. The first-order valence-electron chi connectivity index (χ1n) is 26.9. The monoisotopic (exact) mass is 1240 g/mol. The number of hydrogen-bond acceptors (Lipinski definition) is 20. The number of rotatable bonds is 25. The van der Waals surface area contributed by atoms with Gasteiger partial charge in [0.15, 0.2) is 59.3 Å². The molecule has 2 aliphatic rings. The number of imidazole rings is 2. The maximum absolute atomic E-state index is 18.3. The van der Waals surface area contributed by atoms with Gasteiger partial charge >= 0.3 is 15.0 Å². The molecule has 23 nitrogen and oxygen atoms in total. The SMILES string of the molecule is COc1ccc(C(OC[C@H]2O[C@@H](n3cnc4c(CC(=O)c5ccccc5)ncnc43)[C@H](F)[C@@H]2OP(=S)(OCCC#N)OC[C@H]2O[C@@H](n3cnc4c(NC(=O)c5ccccc5)ncnc43)[C@H](F)[C@@H]2O[P+](=O)O)(c2ccccc2)c2ccc(OC)cc2)cc1. The third-order valence-corrected chi connectivity index (χ3v) is 17.3. The number of carbonyl (C=O) groups is 2. The van der Waals surface area contributed by atoms with Crippen LogP contribution in [0.25, 0.3) is 22.3 Å². The number of methoxy groups -OCH3 is 2. The first kappa shape index (κ1) is 60.4. The molecule has 2 N–H and O–H groups in total. The van der Waals surface area contributed by atoms with Crippen LogP contribution in [0.5, 0.6) is 11.5 Å². The zero-order valence-corrected chi connectivity index (χ0v) is 48.8. The number of Topliss-reactive ketones (excluding diaryl/α,β-unsaturated/α-hetero) is 1. The third kappa shape index (κ3) is 12.8. The molecule has 0 aliphatic carbocycles. The molecule has 1 amide bonds. The Morgan fingerprint density at radius 3 is 1.82 bits per heavy atom. The van der Waals surface area contributed by atoms with Crippen LogP contribution >= 0.6 is 15.0 Å². The van der Waals surface area contributed by atoms with Crippen molar-refractivity contribution >= 4 is 66.6 Å². The molecular formula is C59H53F2N10O13P2S+. The summed E-state index contributed by atoms with van der Waals surface area (Å²) >= 11 is 6.07. The predicted molar refractivity (Wildman–Crippen MR) is 311 cm³/mol. The Hall–Kier alpha value is -8.28. The van der Waals surface area contributed by atoms with Crippen molar-refractivity contribution in [2.24, 2.45) is 0 Å². The minimum Gasteiger partial charge on any atom is -0.497 e. The van der Waals surface area contributed by atoms with Gasteiger partial charge in [-0.15, -0.1) is 9.42 Å². The highest BCUT2D eigenvalue weighted by Gasteiger charge is 2.55. The number of amides is 1. The molecule has 2 aliphatic heterocycles. The minimum atomic E-state index is -4.41. The van der Waals surface area contributed by atoms with E-state index in [-0.39, 0.29) is 52.5 Å². The Labute approximate surface area is 501 Å². The number of halogens is 2. The van der Waals surface area contributed by atoms with Crippen LogP contribution in [-0.2, 0) is 60.7 Å². The van der Waals surface area contributed by atoms with Gasteiger partial charge in [-0.2, -0.15) is 5.26 Å². The highest BCUT2D eigenvalue weighted by Crippen LogP contribution is 2.56. The van der Waals surface area contributed by atoms with Crippen LogP contribution in [-0.4, -0.2) is 126 Å². The molecule has 28 heteroatoms. The fourth-order valence-electron chi connectivity index (χ4n) is 10.3. The Morgan fingerprint density at radius 1 is 0.701 bits per heavy atom. The molecule has 0 radical (unpaired) electrons. The van der Waals surface area contributed by atoms with E-state index in [9.17, 15) is 24.3 Å². The fourth-order valence-corrected chi connectivity index (χ4v) is 12.9. The van der Waals surface area contributed by atoms with Gasteiger partial charge in [-0.1, -0.05) is 103 Å². The normalized spacial score (nSPS) is 21.1.